The fraction of sp³-hybridized carbons (Fsp3) is 0.500. The SMILES string of the molecule is C=C(OC)c1ccc2c(c1)CCCC([B]C)=C2C1C=CC(NC2CCN(CCCF)C2)=CC1. The van der Waals surface area contributed by atoms with Gasteiger partial charge in [0.2, 0.25) is 0 Å². The molecule has 3 aliphatic rings. The number of allylic oxidation sites excluding steroid dienone is 5. The molecule has 0 amide bonds. The van der Waals surface area contributed by atoms with Gasteiger partial charge in [-0.3, -0.25) is 4.39 Å². The van der Waals surface area contributed by atoms with E-state index in [1.54, 1.807) is 7.11 Å². The maximum Gasteiger partial charge on any atom is 0.142 e. The topological polar surface area (TPSA) is 24.5 Å². The van der Waals surface area contributed by atoms with Gasteiger partial charge >= 0.3 is 0 Å². The number of benzene rings is 1. The van der Waals surface area contributed by atoms with Gasteiger partial charge in [0.15, 0.2) is 0 Å². The summed E-state index contributed by atoms with van der Waals surface area (Å²) in [4.78, 5) is 2.37. The number of likely N-dealkylation sites (tertiary alicyclic amines) is 1. The Hall–Kier alpha value is -2.27. The first-order valence-corrected chi connectivity index (χ1v) is 12.4. The van der Waals surface area contributed by atoms with E-state index in [2.05, 4.69) is 67.3 Å². The van der Waals surface area contributed by atoms with Crippen molar-refractivity contribution >= 4 is 18.6 Å². The van der Waals surface area contributed by atoms with Gasteiger partial charge in [0.25, 0.3) is 0 Å². The van der Waals surface area contributed by atoms with E-state index in [1.807, 2.05) is 0 Å². The highest BCUT2D eigenvalue weighted by atomic mass is 19.1. The third-order valence-corrected chi connectivity index (χ3v) is 7.27. The molecule has 1 fully saturated rings. The van der Waals surface area contributed by atoms with Crippen LogP contribution < -0.4 is 5.32 Å². The summed E-state index contributed by atoms with van der Waals surface area (Å²) >= 11 is 0. The van der Waals surface area contributed by atoms with Gasteiger partial charge < -0.3 is 15.0 Å². The highest BCUT2D eigenvalue weighted by molar-refractivity contribution is 6.45. The minimum Gasteiger partial charge on any atom is -0.497 e. The Balaban J connectivity index is 1.48. The summed E-state index contributed by atoms with van der Waals surface area (Å²) in [5.41, 5.74) is 8.04. The van der Waals surface area contributed by atoms with Crippen LogP contribution in [0.5, 0.6) is 0 Å². The molecule has 0 aromatic heterocycles. The number of hydrogen-bond acceptors (Lipinski definition) is 3. The first kappa shape index (κ1) is 23.9. The third kappa shape index (κ3) is 5.63. The van der Waals surface area contributed by atoms with Crippen LogP contribution in [-0.2, 0) is 11.2 Å². The van der Waals surface area contributed by atoms with Gasteiger partial charge in [-0.15, -0.1) is 5.47 Å². The average Bonchev–Trinajstić information content (AvgIpc) is 3.20. The van der Waals surface area contributed by atoms with E-state index < -0.39 is 0 Å². The zero-order valence-electron chi connectivity index (χ0n) is 20.2. The lowest BCUT2D eigenvalue weighted by Gasteiger charge is -2.26. The Morgan fingerprint density at radius 3 is 2.94 bits per heavy atom. The average molecular weight is 447 g/mol. The monoisotopic (exact) mass is 447 g/mol. The smallest absolute Gasteiger partial charge is 0.142 e. The van der Waals surface area contributed by atoms with Crippen molar-refractivity contribution in [1.29, 1.82) is 0 Å². The molecular weight excluding hydrogens is 410 g/mol. The van der Waals surface area contributed by atoms with Crippen LogP contribution in [0.3, 0.4) is 0 Å². The maximum atomic E-state index is 12.5. The molecule has 1 heterocycles. The number of halogens is 1. The predicted octanol–water partition coefficient (Wildman–Crippen LogP) is 5.59. The molecule has 2 aliphatic carbocycles. The Bertz CT molecular complexity index is 951. The molecular formula is C28H37BFN2O. The van der Waals surface area contributed by atoms with Crippen LogP contribution in [0.2, 0.25) is 6.82 Å². The molecule has 1 N–H and O–H groups in total. The molecule has 0 saturated carbocycles. The summed E-state index contributed by atoms with van der Waals surface area (Å²) in [5, 5.41) is 3.72. The molecule has 4 rings (SSSR count). The molecule has 33 heavy (non-hydrogen) atoms. The summed E-state index contributed by atoms with van der Waals surface area (Å²) in [7, 11) is 3.99. The van der Waals surface area contributed by atoms with E-state index in [1.165, 1.54) is 34.3 Å². The molecule has 2 unspecified atom stereocenters. The molecule has 175 valence electrons. The number of alkyl halides is 1. The predicted molar refractivity (Wildman–Crippen MR) is 138 cm³/mol. The lowest BCUT2D eigenvalue weighted by molar-refractivity contribution is 0.306. The van der Waals surface area contributed by atoms with Crippen LogP contribution in [0.25, 0.3) is 11.3 Å². The molecule has 2 atom stereocenters. The van der Waals surface area contributed by atoms with Crippen LogP contribution >= 0.6 is 0 Å². The van der Waals surface area contributed by atoms with Crippen LogP contribution in [0.4, 0.5) is 4.39 Å². The van der Waals surface area contributed by atoms with Crippen LogP contribution in [-0.4, -0.2) is 51.6 Å². The van der Waals surface area contributed by atoms with Crippen molar-refractivity contribution in [3.63, 3.8) is 0 Å². The Morgan fingerprint density at radius 2 is 2.21 bits per heavy atom. The van der Waals surface area contributed by atoms with Gasteiger partial charge in [-0.2, -0.15) is 0 Å². The molecule has 3 nitrogen and oxygen atoms in total. The summed E-state index contributed by atoms with van der Waals surface area (Å²) in [6.07, 6.45) is 13.2. The van der Waals surface area contributed by atoms with Gasteiger partial charge in [0.1, 0.15) is 13.0 Å². The summed E-state index contributed by atoms with van der Waals surface area (Å²) in [6.45, 7) is 8.94. The summed E-state index contributed by atoms with van der Waals surface area (Å²) in [5.74, 6) is 1.11. The van der Waals surface area contributed by atoms with E-state index in [0.717, 1.165) is 56.6 Å². The maximum absolute atomic E-state index is 12.5. The molecule has 5 heteroatoms. The lowest BCUT2D eigenvalue weighted by atomic mass is 9.65. The third-order valence-electron chi connectivity index (χ3n) is 7.27. The summed E-state index contributed by atoms with van der Waals surface area (Å²) in [6, 6.07) is 7.15. The number of aryl methyl sites for hydroxylation is 1. The largest absolute Gasteiger partial charge is 0.497 e. The van der Waals surface area contributed by atoms with E-state index >= 15 is 0 Å². The quantitative estimate of drug-likeness (QED) is 0.395. The molecule has 0 bridgehead atoms. The standard InChI is InChI=1S/C28H37BFN2O/c1-20(33-3)22-10-13-26-23(18-22)6-4-7-27(29-2)28(26)21-8-11-24(12-9-21)31-25-14-17-32(19-25)16-5-15-30/h8,10-13,18,21,25,31H,1,4-7,9,14-17,19H2,2-3H3. The number of nitrogens with zero attached hydrogens (tertiary/aromatic N) is 1. The Morgan fingerprint density at radius 1 is 1.33 bits per heavy atom. The molecule has 1 aromatic carbocycles. The molecule has 1 radical (unpaired) electrons. The van der Waals surface area contributed by atoms with Gasteiger partial charge in [-0.1, -0.05) is 37.7 Å². The first-order chi connectivity index (χ1) is 16.1. The van der Waals surface area contributed by atoms with Crippen LogP contribution in [0, 0.1) is 5.92 Å². The van der Waals surface area contributed by atoms with Crippen molar-refractivity contribution in [1.82, 2.24) is 10.2 Å². The first-order valence-electron chi connectivity index (χ1n) is 12.4. The van der Waals surface area contributed by atoms with Crippen LogP contribution in [0.1, 0.15) is 48.8 Å². The fourth-order valence-electron chi connectivity index (χ4n) is 5.48. The van der Waals surface area contributed by atoms with Crippen molar-refractivity contribution in [3.8, 4) is 0 Å². The van der Waals surface area contributed by atoms with Crippen molar-refractivity contribution in [2.75, 3.05) is 33.4 Å². The van der Waals surface area contributed by atoms with Crippen molar-refractivity contribution in [2.45, 2.75) is 51.4 Å². The van der Waals surface area contributed by atoms with Crippen molar-refractivity contribution in [2.24, 2.45) is 5.92 Å². The van der Waals surface area contributed by atoms with E-state index in [0.29, 0.717) is 18.4 Å². The van der Waals surface area contributed by atoms with E-state index in [-0.39, 0.29) is 6.67 Å². The second-order valence-corrected chi connectivity index (χ2v) is 9.41. The number of fused-ring (bicyclic) bond motifs is 1. The minimum atomic E-state index is -0.220. The van der Waals surface area contributed by atoms with Crippen LogP contribution in [0.15, 0.2) is 54.2 Å². The Kier molecular flexibility index (Phi) is 8.13. The molecule has 1 saturated heterocycles. The molecule has 1 aliphatic heterocycles. The minimum absolute atomic E-state index is 0.220. The van der Waals surface area contributed by atoms with Crippen molar-refractivity contribution < 1.29 is 9.13 Å². The zero-order valence-corrected chi connectivity index (χ0v) is 20.2. The Labute approximate surface area is 199 Å². The lowest BCUT2D eigenvalue weighted by Crippen LogP contribution is -2.32. The van der Waals surface area contributed by atoms with Gasteiger partial charge in [-0.05, 0) is 67.4 Å². The highest BCUT2D eigenvalue weighted by Gasteiger charge is 2.25. The highest BCUT2D eigenvalue weighted by Crippen LogP contribution is 2.39. The zero-order chi connectivity index (χ0) is 23.2. The van der Waals surface area contributed by atoms with Crippen molar-refractivity contribution in [3.05, 3.63) is 70.9 Å². The number of rotatable bonds is 9. The number of nitrogens with one attached hydrogen (secondary N) is 1. The number of ether oxygens (including phenoxy) is 1. The second-order valence-electron chi connectivity index (χ2n) is 9.41. The molecule has 0 spiro atoms. The van der Waals surface area contributed by atoms with E-state index in [9.17, 15) is 4.39 Å². The normalized spacial score (nSPS) is 23.1. The van der Waals surface area contributed by atoms with Gasteiger partial charge in [0, 0.05) is 42.9 Å². The fourth-order valence-corrected chi connectivity index (χ4v) is 5.48. The number of methoxy groups -OCH3 is 1. The molecule has 1 aromatic rings. The van der Waals surface area contributed by atoms with Gasteiger partial charge in [-0.25, -0.2) is 0 Å². The number of hydrogen-bond donors (Lipinski definition) is 1. The van der Waals surface area contributed by atoms with Gasteiger partial charge in [0.05, 0.1) is 13.8 Å². The second kappa shape index (κ2) is 11.2. The van der Waals surface area contributed by atoms with E-state index in [4.69, 9.17) is 4.74 Å². The summed E-state index contributed by atoms with van der Waals surface area (Å²) < 4.78 is 17.9.